The van der Waals surface area contributed by atoms with Crippen molar-refractivity contribution < 1.29 is 0 Å². The predicted octanol–water partition coefficient (Wildman–Crippen LogP) is 3.76. The molecule has 0 bridgehead atoms. The molecule has 0 rings (SSSR count). The summed E-state index contributed by atoms with van der Waals surface area (Å²) in [5.41, 5.74) is 0. The fraction of sp³-hybridized carbons (Fsp3) is 0.692. The topological polar surface area (TPSA) is 0 Å². The van der Waals surface area contributed by atoms with Crippen LogP contribution in [0.3, 0.4) is 0 Å². The quantitative estimate of drug-likeness (QED) is 0.442. The molecule has 0 fully saturated rings. The van der Waals surface area contributed by atoms with Gasteiger partial charge in [-0.25, -0.2) is 0 Å². The van der Waals surface area contributed by atoms with Gasteiger partial charge in [0.2, 0.25) is 0 Å². The van der Waals surface area contributed by atoms with Gasteiger partial charge < -0.3 is 0 Å². The second kappa shape index (κ2) is 11.1. The first-order valence-corrected chi connectivity index (χ1v) is 5.37. The van der Waals surface area contributed by atoms with Crippen molar-refractivity contribution in [2.24, 2.45) is 0 Å². The maximum Gasteiger partial charge on any atom is 0.00989 e. The van der Waals surface area contributed by atoms with E-state index in [4.69, 9.17) is 0 Å². The Morgan fingerprint density at radius 3 is 1.77 bits per heavy atom. The zero-order valence-electron chi connectivity index (χ0n) is 8.95. The Kier molecular flexibility index (Phi) is 10.4. The third-order valence-corrected chi connectivity index (χ3v) is 1.80. The van der Waals surface area contributed by atoms with Gasteiger partial charge in [-0.15, -0.1) is 0 Å². The zero-order valence-corrected chi connectivity index (χ0v) is 8.95. The summed E-state index contributed by atoms with van der Waals surface area (Å²) in [6, 6.07) is 0. The molecule has 0 aliphatic carbocycles. The van der Waals surface area contributed by atoms with Crippen molar-refractivity contribution in [3.05, 3.63) is 0 Å². The van der Waals surface area contributed by atoms with Crippen LogP contribution in [0.2, 0.25) is 0 Å². The smallest absolute Gasteiger partial charge is 0.00989 e. The van der Waals surface area contributed by atoms with Gasteiger partial charge in [-0.3, -0.25) is 0 Å². The lowest BCUT2D eigenvalue weighted by Crippen LogP contribution is -1.70. The molecule has 0 aliphatic heterocycles. The number of rotatable bonds is 5. The van der Waals surface area contributed by atoms with Crippen LogP contribution in [0, 0.1) is 23.7 Å². The Hall–Kier alpha value is -0.880. The minimum Gasteiger partial charge on any atom is -0.0891 e. The minimum atomic E-state index is 1.00. The van der Waals surface area contributed by atoms with Gasteiger partial charge in [0.15, 0.2) is 0 Å². The molecule has 0 aromatic rings. The second-order valence-electron chi connectivity index (χ2n) is 3.16. The molecular weight excluding hydrogens is 156 g/mol. The summed E-state index contributed by atoms with van der Waals surface area (Å²) in [7, 11) is 0. The molecule has 0 radical (unpaired) electrons. The average molecular weight is 176 g/mol. The van der Waals surface area contributed by atoms with Gasteiger partial charge in [0, 0.05) is 12.8 Å². The van der Waals surface area contributed by atoms with Crippen LogP contribution in [0.4, 0.5) is 0 Å². The first-order valence-electron chi connectivity index (χ1n) is 5.37. The van der Waals surface area contributed by atoms with Gasteiger partial charge in [-0.2, -0.15) is 0 Å². The molecule has 0 aromatic heterocycles. The molecule has 0 amide bonds. The minimum absolute atomic E-state index is 1.00. The van der Waals surface area contributed by atoms with Crippen molar-refractivity contribution in [1.29, 1.82) is 0 Å². The SMILES string of the molecule is CCCCC#CC#CCCCCC. The van der Waals surface area contributed by atoms with E-state index in [2.05, 4.69) is 37.5 Å². The molecule has 0 spiro atoms. The molecule has 0 unspecified atom stereocenters. The summed E-state index contributed by atoms with van der Waals surface area (Å²) in [5.74, 6) is 11.9. The summed E-state index contributed by atoms with van der Waals surface area (Å²) in [4.78, 5) is 0. The van der Waals surface area contributed by atoms with Gasteiger partial charge in [-0.05, 0) is 24.7 Å². The van der Waals surface area contributed by atoms with Gasteiger partial charge in [0.25, 0.3) is 0 Å². The van der Waals surface area contributed by atoms with Crippen molar-refractivity contribution in [3.8, 4) is 23.7 Å². The third-order valence-electron chi connectivity index (χ3n) is 1.80. The Morgan fingerprint density at radius 1 is 0.692 bits per heavy atom. The summed E-state index contributed by atoms with van der Waals surface area (Å²) < 4.78 is 0. The van der Waals surface area contributed by atoms with Gasteiger partial charge in [0.05, 0.1) is 0 Å². The van der Waals surface area contributed by atoms with E-state index in [-0.39, 0.29) is 0 Å². The highest BCUT2D eigenvalue weighted by Gasteiger charge is 1.79. The molecule has 0 N–H and O–H groups in total. The molecule has 0 nitrogen and oxygen atoms in total. The molecule has 0 aromatic carbocycles. The van der Waals surface area contributed by atoms with E-state index >= 15 is 0 Å². The molecule has 0 heteroatoms. The van der Waals surface area contributed by atoms with Gasteiger partial charge >= 0.3 is 0 Å². The Morgan fingerprint density at radius 2 is 1.23 bits per heavy atom. The van der Waals surface area contributed by atoms with E-state index in [1.165, 1.54) is 32.1 Å². The molecule has 0 aliphatic rings. The fourth-order valence-corrected chi connectivity index (χ4v) is 0.942. The van der Waals surface area contributed by atoms with Crippen molar-refractivity contribution in [1.82, 2.24) is 0 Å². The monoisotopic (exact) mass is 176 g/mol. The van der Waals surface area contributed by atoms with Crippen LogP contribution in [0.15, 0.2) is 0 Å². The van der Waals surface area contributed by atoms with Crippen molar-refractivity contribution in [2.75, 3.05) is 0 Å². The highest BCUT2D eigenvalue weighted by atomic mass is 13.8. The summed E-state index contributed by atoms with van der Waals surface area (Å²) >= 11 is 0. The zero-order chi connectivity index (χ0) is 9.78. The Balaban J connectivity index is 3.30. The molecule has 0 atom stereocenters. The van der Waals surface area contributed by atoms with E-state index in [0.717, 1.165) is 12.8 Å². The predicted molar refractivity (Wildman–Crippen MR) is 59.2 cm³/mol. The average Bonchev–Trinajstić information content (AvgIpc) is 2.16. The van der Waals surface area contributed by atoms with E-state index in [1.807, 2.05) is 0 Å². The third kappa shape index (κ3) is 11.1. The molecule has 13 heavy (non-hydrogen) atoms. The van der Waals surface area contributed by atoms with Crippen LogP contribution < -0.4 is 0 Å². The van der Waals surface area contributed by atoms with Crippen LogP contribution in [0.5, 0.6) is 0 Å². The standard InChI is InChI=1S/C13H20/c1-3-5-7-9-11-13-12-10-8-6-4-2/h3-9H2,1-2H3. The number of unbranched alkanes of at least 4 members (excludes halogenated alkanes) is 5. The highest BCUT2D eigenvalue weighted by molar-refractivity contribution is 5.25. The maximum atomic E-state index is 3.07. The molecule has 72 valence electrons. The van der Waals surface area contributed by atoms with Crippen LogP contribution >= 0.6 is 0 Å². The van der Waals surface area contributed by atoms with Gasteiger partial charge in [-0.1, -0.05) is 45.0 Å². The van der Waals surface area contributed by atoms with E-state index in [0.29, 0.717) is 0 Å². The summed E-state index contributed by atoms with van der Waals surface area (Å²) in [5, 5.41) is 0. The van der Waals surface area contributed by atoms with Crippen molar-refractivity contribution in [3.63, 3.8) is 0 Å². The lowest BCUT2D eigenvalue weighted by molar-refractivity contribution is 0.737. The van der Waals surface area contributed by atoms with Crippen molar-refractivity contribution >= 4 is 0 Å². The van der Waals surface area contributed by atoms with Crippen LogP contribution in [0.25, 0.3) is 0 Å². The Labute approximate surface area is 83.1 Å². The number of hydrogen-bond donors (Lipinski definition) is 0. The van der Waals surface area contributed by atoms with Crippen LogP contribution in [-0.2, 0) is 0 Å². The van der Waals surface area contributed by atoms with E-state index in [1.54, 1.807) is 0 Å². The lowest BCUT2D eigenvalue weighted by atomic mass is 10.2. The molecule has 0 saturated heterocycles. The van der Waals surface area contributed by atoms with E-state index in [9.17, 15) is 0 Å². The highest BCUT2D eigenvalue weighted by Crippen LogP contribution is 1.96. The molecule has 0 saturated carbocycles. The Bertz CT molecular complexity index is 204. The lowest BCUT2D eigenvalue weighted by Gasteiger charge is -1.86. The number of hydrogen-bond acceptors (Lipinski definition) is 0. The first kappa shape index (κ1) is 12.1. The second-order valence-corrected chi connectivity index (χ2v) is 3.16. The fourth-order valence-electron chi connectivity index (χ4n) is 0.942. The maximum absolute atomic E-state index is 3.07. The molecular formula is C13H20. The van der Waals surface area contributed by atoms with Gasteiger partial charge in [0.1, 0.15) is 0 Å². The first-order chi connectivity index (χ1) is 6.41. The molecule has 0 heterocycles. The summed E-state index contributed by atoms with van der Waals surface area (Å²) in [6.45, 7) is 4.39. The van der Waals surface area contributed by atoms with E-state index < -0.39 is 0 Å². The van der Waals surface area contributed by atoms with Crippen LogP contribution in [-0.4, -0.2) is 0 Å². The van der Waals surface area contributed by atoms with Crippen LogP contribution in [0.1, 0.15) is 58.8 Å². The normalized spacial score (nSPS) is 8.15. The summed E-state index contributed by atoms with van der Waals surface area (Å²) in [6.07, 6.45) is 8.21. The largest absolute Gasteiger partial charge is 0.0891 e. The van der Waals surface area contributed by atoms with Crippen molar-refractivity contribution in [2.45, 2.75) is 58.8 Å².